The fraction of sp³-hybridized carbons (Fsp3) is 0.0769. The summed E-state index contributed by atoms with van der Waals surface area (Å²) < 4.78 is 4.96. The summed E-state index contributed by atoms with van der Waals surface area (Å²) in [4.78, 5) is 14.8. The van der Waals surface area contributed by atoms with E-state index in [1.54, 1.807) is 43.6 Å². The van der Waals surface area contributed by atoms with Gasteiger partial charge in [0.2, 0.25) is 5.88 Å². The summed E-state index contributed by atoms with van der Waals surface area (Å²) in [5, 5.41) is 11.9. The monoisotopic (exact) mass is 244 g/mol. The highest BCUT2D eigenvalue weighted by Gasteiger charge is 2.02. The maximum absolute atomic E-state index is 10.7. The van der Waals surface area contributed by atoms with Crippen LogP contribution in [0.25, 0.3) is 0 Å². The first-order valence-electron chi connectivity index (χ1n) is 5.29. The molecule has 0 saturated carbocycles. The number of ether oxygens (including phenoxy) is 1. The van der Waals surface area contributed by atoms with Gasteiger partial charge in [-0.3, -0.25) is 0 Å². The van der Waals surface area contributed by atoms with E-state index in [2.05, 4.69) is 10.3 Å². The van der Waals surface area contributed by atoms with Crippen LogP contribution in [0.2, 0.25) is 0 Å². The fourth-order valence-corrected chi connectivity index (χ4v) is 1.44. The third kappa shape index (κ3) is 2.76. The van der Waals surface area contributed by atoms with Crippen LogP contribution in [-0.4, -0.2) is 23.2 Å². The number of methoxy groups -OCH3 is 1. The van der Waals surface area contributed by atoms with Gasteiger partial charge in [-0.05, 0) is 30.3 Å². The van der Waals surface area contributed by atoms with Crippen molar-refractivity contribution in [3.05, 3.63) is 48.2 Å². The van der Waals surface area contributed by atoms with Gasteiger partial charge in [-0.15, -0.1) is 0 Å². The van der Waals surface area contributed by atoms with E-state index in [0.717, 1.165) is 11.4 Å². The smallest absolute Gasteiger partial charge is 0.335 e. The highest BCUT2D eigenvalue weighted by atomic mass is 16.5. The van der Waals surface area contributed by atoms with Crippen LogP contribution in [0, 0.1) is 0 Å². The Kier molecular flexibility index (Phi) is 3.43. The molecule has 1 aromatic heterocycles. The molecule has 0 aliphatic rings. The first-order chi connectivity index (χ1) is 8.69. The highest BCUT2D eigenvalue weighted by molar-refractivity contribution is 5.88. The minimum Gasteiger partial charge on any atom is -0.481 e. The van der Waals surface area contributed by atoms with Crippen LogP contribution in [0.15, 0.2) is 42.6 Å². The summed E-state index contributed by atoms with van der Waals surface area (Å²) in [6.07, 6.45) is 1.64. The Labute approximate surface area is 104 Å². The zero-order valence-electron chi connectivity index (χ0n) is 9.75. The summed E-state index contributed by atoms with van der Waals surface area (Å²) in [5.74, 6) is -0.394. The van der Waals surface area contributed by atoms with Gasteiger partial charge < -0.3 is 15.2 Å². The fourth-order valence-electron chi connectivity index (χ4n) is 1.44. The molecule has 5 nitrogen and oxygen atoms in total. The van der Waals surface area contributed by atoms with Crippen LogP contribution in [0.5, 0.6) is 5.88 Å². The third-order valence-corrected chi connectivity index (χ3v) is 2.37. The van der Waals surface area contributed by atoms with Gasteiger partial charge in [-0.1, -0.05) is 0 Å². The van der Waals surface area contributed by atoms with Gasteiger partial charge in [0, 0.05) is 11.8 Å². The number of carboxylic acids is 1. The van der Waals surface area contributed by atoms with Crippen molar-refractivity contribution in [1.29, 1.82) is 0 Å². The zero-order valence-corrected chi connectivity index (χ0v) is 9.75. The molecule has 0 bridgehead atoms. The molecule has 0 aliphatic carbocycles. The lowest BCUT2D eigenvalue weighted by Crippen LogP contribution is -1.97. The number of carbonyl (C=O) groups is 1. The average Bonchev–Trinajstić information content (AvgIpc) is 2.40. The normalized spacial score (nSPS) is 9.83. The lowest BCUT2D eigenvalue weighted by molar-refractivity contribution is 0.0697. The molecule has 2 N–H and O–H groups in total. The second-order valence-electron chi connectivity index (χ2n) is 3.60. The van der Waals surface area contributed by atoms with Crippen LogP contribution in [0.4, 0.5) is 11.4 Å². The summed E-state index contributed by atoms with van der Waals surface area (Å²) in [5.41, 5.74) is 1.86. The van der Waals surface area contributed by atoms with Gasteiger partial charge in [-0.2, -0.15) is 0 Å². The van der Waals surface area contributed by atoms with E-state index in [-0.39, 0.29) is 5.56 Å². The summed E-state index contributed by atoms with van der Waals surface area (Å²) in [7, 11) is 1.56. The number of anilines is 2. The number of aromatic nitrogens is 1. The summed E-state index contributed by atoms with van der Waals surface area (Å²) in [6, 6.07) is 10.1. The molecule has 2 rings (SSSR count). The number of carboxylic acid groups (broad SMARTS) is 1. The van der Waals surface area contributed by atoms with Crippen LogP contribution in [-0.2, 0) is 0 Å². The second kappa shape index (κ2) is 5.18. The maximum atomic E-state index is 10.7. The number of hydrogen-bond acceptors (Lipinski definition) is 4. The molecule has 2 aromatic rings. The van der Waals surface area contributed by atoms with Crippen molar-refractivity contribution in [2.45, 2.75) is 0 Å². The molecule has 1 aromatic carbocycles. The van der Waals surface area contributed by atoms with Gasteiger partial charge in [0.25, 0.3) is 0 Å². The number of nitrogens with zero attached hydrogens (tertiary/aromatic N) is 1. The standard InChI is InChI=1S/C13H12N2O3/c1-18-12-7-6-11(8-14-12)15-10-4-2-9(3-5-10)13(16)17/h2-8,15H,1H3,(H,16,17). The minimum atomic E-state index is -0.937. The number of aromatic carboxylic acids is 1. The molecule has 0 radical (unpaired) electrons. The van der Waals surface area contributed by atoms with E-state index >= 15 is 0 Å². The highest BCUT2D eigenvalue weighted by Crippen LogP contribution is 2.18. The van der Waals surface area contributed by atoms with E-state index < -0.39 is 5.97 Å². The van der Waals surface area contributed by atoms with Crippen molar-refractivity contribution < 1.29 is 14.6 Å². The van der Waals surface area contributed by atoms with E-state index in [0.29, 0.717) is 5.88 Å². The van der Waals surface area contributed by atoms with Crippen molar-refractivity contribution in [3.63, 3.8) is 0 Å². The Morgan fingerprint density at radius 3 is 2.33 bits per heavy atom. The predicted octanol–water partition coefficient (Wildman–Crippen LogP) is 2.53. The Morgan fingerprint density at radius 2 is 1.83 bits per heavy atom. The topological polar surface area (TPSA) is 71.5 Å². The molecule has 92 valence electrons. The largest absolute Gasteiger partial charge is 0.481 e. The van der Waals surface area contributed by atoms with Crippen molar-refractivity contribution in [2.75, 3.05) is 12.4 Å². The molecule has 18 heavy (non-hydrogen) atoms. The average molecular weight is 244 g/mol. The molecule has 0 fully saturated rings. The molecular weight excluding hydrogens is 232 g/mol. The maximum Gasteiger partial charge on any atom is 0.335 e. The Bertz CT molecular complexity index is 535. The zero-order chi connectivity index (χ0) is 13.0. The van der Waals surface area contributed by atoms with Gasteiger partial charge in [0.1, 0.15) is 0 Å². The first kappa shape index (κ1) is 11.9. The second-order valence-corrected chi connectivity index (χ2v) is 3.60. The number of benzene rings is 1. The summed E-state index contributed by atoms with van der Waals surface area (Å²) >= 11 is 0. The third-order valence-electron chi connectivity index (χ3n) is 2.37. The predicted molar refractivity (Wildman–Crippen MR) is 67.5 cm³/mol. The van der Waals surface area contributed by atoms with Crippen LogP contribution >= 0.6 is 0 Å². The van der Waals surface area contributed by atoms with E-state index in [9.17, 15) is 4.79 Å². The van der Waals surface area contributed by atoms with Crippen LogP contribution < -0.4 is 10.1 Å². The molecule has 0 spiro atoms. The van der Waals surface area contributed by atoms with E-state index in [1.807, 2.05) is 6.07 Å². The number of hydrogen-bond donors (Lipinski definition) is 2. The van der Waals surface area contributed by atoms with Crippen molar-refractivity contribution in [2.24, 2.45) is 0 Å². The SMILES string of the molecule is COc1ccc(Nc2ccc(C(=O)O)cc2)cn1. The Balaban J connectivity index is 2.10. The van der Waals surface area contributed by atoms with Crippen LogP contribution in [0.1, 0.15) is 10.4 Å². The molecule has 0 amide bonds. The quantitative estimate of drug-likeness (QED) is 0.864. The van der Waals surface area contributed by atoms with Gasteiger partial charge in [0.15, 0.2) is 0 Å². The minimum absolute atomic E-state index is 0.258. The number of nitrogens with one attached hydrogen (secondary N) is 1. The molecular formula is C13H12N2O3. The van der Waals surface area contributed by atoms with E-state index in [1.165, 1.54) is 0 Å². The number of pyridine rings is 1. The van der Waals surface area contributed by atoms with Gasteiger partial charge in [0.05, 0.1) is 24.6 Å². The Morgan fingerprint density at radius 1 is 1.17 bits per heavy atom. The molecule has 0 unspecified atom stereocenters. The lowest BCUT2D eigenvalue weighted by Gasteiger charge is -2.06. The molecule has 5 heteroatoms. The molecule has 0 aliphatic heterocycles. The molecule has 1 heterocycles. The summed E-state index contributed by atoms with van der Waals surface area (Å²) in [6.45, 7) is 0. The van der Waals surface area contributed by atoms with Crippen molar-refractivity contribution >= 4 is 17.3 Å². The van der Waals surface area contributed by atoms with Gasteiger partial charge in [-0.25, -0.2) is 9.78 Å². The van der Waals surface area contributed by atoms with Crippen LogP contribution in [0.3, 0.4) is 0 Å². The van der Waals surface area contributed by atoms with Crippen molar-refractivity contribution in [1.82, 2.24) is 4.98 Å². The lowest BCUT2D eigenvalue weighted by atomic mass is 10.2. The van der Waals surface area contributed by atoms with E-state index in [4.69, 9.17) is 9.84 Å². The first-order valence-corrected chi connectivity index (χ1v) is 5.29. The van der Waals surface area contributed by atoms with Crippen molar-refractivity contribution in [3.8, 4) is 5.88 Å². The molecule has 0 saturated heterocycles. The molecule has 0 atom stereocenters. The van der Waals surface area contributed by atoms with Gasteiger partial charge >= 0.3 is 5.97 Å². The number of rotatable bonds is 4. The Hall–Kier alpha value is -2.56.